The van der Waals surface area contributed by atoms with Crippen LogP contribution in [0, 0.1) is 0 Å². The lowest BCUT2D eigenvalue weighted by Crippen LogP contribution is -2.45. The van der Waals surface area contributed by atoms with Gasteiger partial charge in [-0.3, -0.25) is 9.59 Å². The number of carbonyl (C=O) groups is 2. The third-order valence-corrected chi connectivity index (χ3v) is 5.37. The molecule has 0 bridgehead atoms. The van der Waals surface area contributed by atoms with Gasteiger partial charge in [-0.1, -0.05) is 12.1 Å². The van der Waals surface area contributed by atoms with Crippen molar-refractivity contribution in [3.8, 4) is 22.6 Å². The molecule has 0 aliphatic carbocycles. The zero-order valence-electron chi connectivity index (χ0n) is 17.0. The standard InChI is InChI=1S/C23H22N2O6/c1-29-16-7-4-14(5-8-16)18-11-15-6-9-17(12-20(15)31-23(18)28)30-13-21(26)25-10-2-3-19(25)22(24)27/h4-9,11-12,19H,2-3,10,13H2,1H3,(H2,24,27). The second kappa shape index (κ2) is 8.51. The van der Waals surface area contributed by atoms with Gasteiger partial charge in [-0.05, 0) is 48.7 Å². The molecule has 1 aliphatic heterocycles. The Hall–Kier alpha value is -3.81. The molecule has 1 fully saturated rings. The monoisotopic (exact) mass is 422 g/mol. The first-order chi connectivity index (χ1) is 15.0. The van der Waals surface area contributed by atoms with Crippen molar-refractivity contribution in [2.75, 3.05) is 20.3 Å². The molecule has 4 rings (SSSR count). The van der Waals surface area contributed by atoms with Crippen molar-refractivity contribution in [3.05, 3.63) is 59.0 Å². The third-order valence-electron chi connectivity index (χ3n) is 5.37. The van der Waals surface area contributed by atoms with Crippen LogP contribution in [-0.2, 0) is 9.59 Å². The van der Waals surface area contributed by atoms with Crippen LogP contribution in [0.1, 0.15) is 12.8 Å². The SMILES string of the molecule is COc1ccc(-c2cc3ccc(OCC(=O)N4CCCC4C(N)=O)cc3oc2=O)cc1. The van der Waals surface area contributed by atoms with Gasteiger partial charge >= 0.3 is 5.63 Å². The molecule has 1 aromatic heterocycles. The molecule has 0 saturated carbocycles. The molecular formula is C23H22N2O6. The van der Waals surface area contributed by atoms with Gasteiger partial charge in [-0.25, -0.2) is 4.79 Å². The molecule has 8 nitrogen and oxygen atoms in total. The lowest BCUT2D eigenvalue weighted by Gasteiger charge is -2.22. The zero-order chi connectivity index (χ0) is 22.0. The van der Waals surface area contributed by atoms with Crippen LogP contribution >= 0.6 is 0 Å². The number of methoxy groups -OCH3 is 1. The predicted octanol–water partition coefficient (Wildman–Crippen LogP) is 2.32. The number of ether oxygens (including phenoxy) is 2. The molecule has 8 heteroatoms. The van der Waals surface area contributed by atoms with Crippen molar-refractivity contribution in [1.29, 1.82) is 0 Å². The molecule has 0 spiro atoms. The van der Waals surface area contributed by atoms with Gasteiger partial charge in [-0.2, -0.15) is 0 Å². The van der Waals surface area contributed by atoms with E-state index in [0.717, 1.165) is 17.4 Å². The number of hydrogen-bond acceptors (Lipinski definition) is 6. The van der Waals surface area contributed by atoms with Gasteiger partial charge in [-0.15, -0.1) is 0 Å². The van der Waals surface area contributed by atoms with Crippen molar-refractivity contribution in [2.24, 2.45) is 5.73 Å². The second-order valence-electron chi connectivity index (χ2n) is 7.31. The number of primary amides is 1. The molecule has 2 heterocycles. The highest BCUT2D eigenvalue weighted by molar-refractivity contribution is 5.88. The summed E-state index contributed by atoms with van der Waals surface area (Å²) in [5.74, 6) is 0.265. The Morgan fingerprint density at radius 1 is 1.13 bits per heavy atom. The maximum absolute atomic E-state index is 12.5. The van der Waals surface area contributed by atoms with E-state index < -0.39 is 17.6 Å². The fourth-order valence-corrected chi connectivity index (χ4v) is 3.74. The lowest BCUT2D eigenvalue weighted by molar-refractivity contribution is -0.138. The molecule has 1 unspecified atom stereocenters. The van der Waals surface area contributed by atoms with Crippen LogP contribution in [0.5, 0.6) is 11.5 Å². The minimum atomic E-state index is -0.581. The first-order valence-electron chi connectivity index (χ1n) is 9.90. The molecule has 1 saturated heterocycles. The molecule has 2 aromatic carbocycles. The van der Waals surface area contributed by atoms with Crippen LogP contribution in [-0.4, -0.2) is 43.0 Å². The Balaban J connectivity index is 1.51. The van der Waals surface area contributed by atoms with Crippen LogP contribution in [0.3, 0.4) is 0 Å². The van der Waals surface area contributed by atoms with Crippen molar-refractivity contribution >= 4 is 22.8 Å². The zero-order valence-corrected chi connectivity index (χ0v) is 17.0. The topological polar surface area (TPSA) is 112 Å². The van der Waals surface area contributed by atoms with Gasteiger partial charge in [0.15, 0.2) is 6.61 Å². The molecule has 1 atom stereocenters. The summed E-state index contributed by atoms with van der Waals surface area (Å²) in [6, 6.07) is 13.3. The number of rotatable bonds is 6. The van der Waals surface area contributed by atoms with Gasteiger partial charge < -0.3 is 24.5 Å². The van der Waals surface area contributed by atoms with Crippen LogP contribution in [0.25, 0.3) is 22.1 Å². The van der Waals surface area contributed by atoms with Crippen molar-refractivity contribution in [3.63, 3.8) is 0 Å². The van der Waals surface area contributed by atoms with E-state index in [-0.39, 0.29) is 12.5 Å². The van der Waals surface area contributed by atoms with E-state index >= 15 is 0 Å². The molecule has 2 N–H and O–H groups in total. The molecule has 1 aliphatic rings. The summed E-state index contributed by atoms with van der Waals surface area (Å²) < 4.78 is 16.2. The molecule has 160 valence electrons. The van der Waals surface area contributed by atoms with E-state index in [4.69, 9.17) is 19.6 Å². The number of amides is 2. The first-order valence-corrected chi connectivity index (χ1v) is 9.90. The van der Waals surface area contributed by atoms with Crippen LogP contribution in [0.4, 0.5) is 0 Å². The number of hydrogen-bond donors (Lipinski definition) is 1. The Morgan fingerprint density at radius 2 is 1.87 bits per heavy atom. The van der Waals surface area contributed by atoms with Gasteiger partial charge in [0, 0.05) is 18.0 Å². The van der Waals surface area contributed by atoms with Crippen molar-refractivity contribution in [1.82, 2.24) is 4.90 Å². The van der Waals surface area contributed by atoms with Gasteiger partial charge in [0.25, 0.3) is 5.91 Å². The van der Waals surface area contributed by atoms with E-state index in [1.54, 1.807) is 55.6 Å². The van der Waals surface area contributed by atoms with Gasteiger partial charge in [0.1, 0.15) is 23.1 Å². The number of nitrogens with zero attached hydrogens (tertiary/aromatic N) is 1. The summed E-state index contributed by atoms with van der Waals surface area (Å²) in [7, 11) is 1.58. The minimum absolute atomic E-state index is 0.233. The van der Waals surface area contributed by atoms with Crippen molar-refractivity contribution < 1.29 is 23.5 Å². The van der Waals surface area contributed by atoms with E-state index in [9.17, 15) is 14.4 Å². The molecule has 31 heavy (non-hydrogen) atoms. The largest absolute Gasteiger partial charge is 0.497 e. The minimum Gasteiger partial charge on any atom is -0.497 e. The predicted molar refractivity (Wildman–Crippen MR) is 114 cm³/mol. The molecule has 3 aromatic rings. The van der Waals surface area contributed by atoms with Crippen LogP contribution < -0.4 is 20.8 Å². The van der Waals surface area contributed by atoms with E-state index in [1.807, 2.05) is 0 Å². The van der Waals surface area contributed by atoms with E-state index in [0.29, 0.717) is 35.6 Å². The summed E-state index contributed by atoms with van der Waals surface area (Å²) in [5.41, 5.74) is 6.38. The summed E-state index contributed by atoms with van der Waals surface area (Å²) >= 11 is 0. The average molecular weight is 422 g/mol. The molecule has 0 radical (unpaired) electrons. The Bertz CT molecular complexity index is 1180. The Morgan fingerprint density at radius 3 is 2.58 bits per heavy atom. The Kier molecular flexibility index (Phi) is 5.62. The number of benzene rings is 2. The highest BCUT2D eigenvalue weighted by Gasteiger charge is 2.32. The fourth-order valence-electron chi connectivity index (χ4n) is 3.74. The summed E-state index contributed by atoms with van der Waals surface area (Å²) in [5, 5.41) is 0.720. The fraction of sp³-hybridized carbons (Fsp3) is 0.261. The number of fused-ring (bicyclic) bond motifs is 1. The third kappa shape index (κ3) is 4.23. The first kappa shape index (κ1) is 20.5. The smallest absolute Gasteiger partial charge is 0.344 e. The quantitative estimate of drug-likeness (QED) is 0.610. The van der Waals surface area contributed by atoms with E-state index in [1.165, 1.54) is 4.90 Å². The summed E-state index contributed by atoms with van der Waals surface area (Å²) in [4.78, 5) is 37.8. The number of carbonyl (C=O) groups excluding carboxylic acids is 2. The highest BCUT2D eigenvalue weighted by Crippen LogP contribution is 2.26. The Labute approximate surface area is 178 Å². The summed E-state index contributed by atoms with van der Waals surface area (Å²) in [6.07, 6.45) is 1.30. The van der Waals surface area contributed by atoms with Crippen LogP contribution in [0.15, 0.2) is 57.7 Å². The second-order valence-corrected chi connectivity index (χ2v) is 7.31. The number of likely N-dealkylation sites (tertiary alicyclic amines) is 1. The van der Waals surface area contributed by atoms with Crippen molar-refractivity contribution in [2.45, 2.75) is 18.9 Å². The molecule has 2 amide bonds. The maximum Gasteiger partial charge on any atom is 0.344 e. The van der Waals surface area contributed by atoms with Crippen LogP contribution in [0.2, 0.25) is 0 Å². The maximum atomic E-state index is 12.5. The number of nitrogens with two attached hydrogens (primary N) is 1. The van der Waals surface area contributed by atoms with Gasteiger partial charge in [0.2, 0.25) is 5.91 Å². The highest BCUT2D eigenvalue weighted by atomic mass is 16.5. The van der Waals surface area contributed by atoms with Gasteiger partial charge in [0.05, 0.1) is 12.7 Å². The molecular weight excluding hydrogens is 400 g/mol. The normalized spacial score (nSPS) is 15.8. The van der Waals surface area contributed by atoms with E-state index in [2.05, 4.69) is 0 Å². The summed E-state index contributed by atoms with van der Waals surface area (Å²) in [6.45, 7) is 0.250. The lowest BCUT2D eigenvalue weighted by atomic mass is 10.1. The average Bonchev–Trinajstić information content (AvgIpc) is 3.27.